The van der Waals surface area contributed by atoms with Crippen LogP contribution in [0.4, 0.5) is 0 Å². The summed E-state index contributed by atoms with van der Waals surface area (Å²) in [6, 6.07) is 21.0. The zero-order valence-electron chi connectivity index (χ0n) is 9.94. The number of halogens is 2. The predicted octanol–water partition coefficient (Wildman–Crippen LogP) is 5.39. The van der Waals surface area contributed by atoms with Gasteiger partial charge in [-0.2, -0.15) is 0 Å². The second-order valence-corrected chi connectivity index (χ2v) is 5.08. The number of rotatable bonds is 4. The molecule has 0 atom stereocenters. The van der Waals surface area contributed by atoms with Crippen molar-refractivity contribution in [1.82, 2.24) is 0 Å². The maximum Gasteiger partial charge on any atom is 0.0292 e. The molecule has 2 aromatic rings. The van der Waals surface area contributed by atoms with Gasteiger partial charge in [-0.05, 0) is 22.3 Å². The van der Waals surface area contributed by atoms with E-state index in [4.69, 9.17) is 0 Å². The van der Waals surface area contributed by atoms with Crippen molar-refractivity contribution in [3.05, 3.63) is 71.8 Å². The molecule has 2 rings (SSSR count). The minimum Gasteiger partial charge on any atom is -0.0876 e. The van der Waals surface area contributed by atoms with Crippen LogP contribution in [-0.4, -0.2) is 10.7 Å². The lowest BCUT2D eigenvalue weighted by Gasteiger charge is -2.12. The zero-order valence-corrected chi connectivity index (χ0v) is 13.1. The molecule has 0 fully saturated rings. The molecule has 0 bridgehead atoms. The van der Waals surface area contributed by atoms with Crippen LogP contribution < -0.4 is 0 Å². The maximum atomic E-state index is 3.61. The highest BCUT2D eigenvalue weighted by Gasteiger charge is 2.09. The maximum absolute atomic E-state index is 3.61. The third kappa shape index (κ3) is 3.12. The van der Waals surface area contributed by atoms with Crippen molar-refractivity contribution in [2.24, 2.45) is 0 Å². The average molecular weight is 366 g/mol. The minimum absolute atomic E-state index is 0.854. The van der Waals surface area contributed by atoms with Gasteiger partial charge in [-0.15, -0.1) is 0 Å². The Morgan fingerprint density at radius 1 is 0.611 bits per heavy atom. The van der Waals surface area contributed by atoms with Gasteiger partial charge in [0.15, 0.2) is 0 Å². The SMILES string of the molecule is BrCC(=C(CBr)c1ccccc1)c1ccccc1. The lowest BCUT2D eigenvalue weighted by Crippen LogP contribution is -1.95. The molecule has 0 aliphatic rings. The molecule has 0 saturated heterocycles. The highest BCUT2D eigenvalue weighted by Crippen LogP contribution is 2.29. The summed E-state index contributed by atoms with van der Waals surface area (Å²) in [4.78, 5) is 0. The fraction of sp³-hybridized carbons (Fsp3) is 0.125. The summed E-state index contributed by atoms with van der Waals surface area (Å²) in [6.07, 6.45) is 0. The number of hydrogen-bond acceptors (Lipinski definition) is 0. The third-order valence-corrected chi connectivity index (χ3v) is 4.00. The van der Waals surface area contributed by atoms with Gasteiger partial charge in [0.2, 0.25) is 0 Å². The lowest BCUT2D eigenvalue weighted by atomic mass is 9.97. The van der Waals surface area contributed by atoms with E-state index in [1.807, 2.05) is 12.1 Å². The van der Waals surface area contributed by atoms with Crippen LogP contribution in [0, 0.1) is 0 Å². The van der Waals surface area contributed by atoms with Crippen molar-refractivity contribution in [3.8, 4) is 0 Å². The molecule has 2 aromatic carbocycles. The van der Waals surface area contributed by atoms with Crippen LogP contribution in [0.5, 0.6) is 0 Å². The van der Waals surface area contributed by atoms with Crippen molar-refractivity contribution in [2.45, 2.75) is 0 Å². The zero-order chi connectivity index (χ0) is 12.8. The highest BCUT2D eigenvalue weighted by molar-refractivity contribution is 9.09. The van der Waals surface area contributed by atoms with Crippen LogP contribution in [0.15, 0.2) is 60.7 Å². The summed E-state index contributed by atoms with van der Waals surface area (Å²) < 4.78 is 0. The fourth-order valence-electron chi connectivity index (χ4n) is 1.94. The summed E-state index contributed by atoms with van der Waals surface area (Å²) in [5.74, 6) is 0. The Labute approximate surface area is 125 Å². The molecule has 0 amide bonds. The van der Waals surface area contributed by atoms with Gasteiger partial charge in [-0.3, -0.25) is 0 Å². The molecule has 0 heterocycles. The highest BCUT2D eigenvalue weighted by atomic mass is 79.9. The summed E-state index contributed by atoms with van der Waals surface area (Å²) >= 11 is 7.23. The summed E-state index contributed by atoms with van der Waals surface area (Å²) in [6.45, 7) is 0. The van der Waals surface area contributed by atoms with Crippen molar-refractivity contribution in [1.29, 1.82) is 0 Å². The molecule has 0 spiro atoms. The topological polar surface area (TPSA) is 0 Å². The predicted molar refractivity (Wildman–Crippen MR) is 87.3 cm³/mol. The van der Waals surface area contributed by atoms with Crippen molar-refractivity contribution in [2.75, 3.05) is 10.7 Å². The van der Waals surface area contributed by atoms with E-state index in [9.17, 15) is 0 Å². The van der Waals surface area contributed by atoms with E-state index >= 15 is 0 Å². The van der Waals surface area contributed by atoms with E-state index < -0.39 is 0 Å². The van der Waals surface area contributed by atoms with Gasteiger partial charge < -0.3 is 0 Å². The molecule has 0 unspecified atom stereocenters. The second-order valence-electron chi connectivity index (χ2n) is 3.96. The lowest BCUT2D eigenvalue weighted by molar-refractivity contribution is 1.53. The van der Waals surface area contributed by atoms with Gasteiger partial charge in [0, 0.05) is 10.7 Å². The first kappa shape index (κ1) is 13.6. The van der Waals surface area contributed by atoms with E-state index in [0.29, 0.717) is 0 Å². The molecule has 0 aliphatic carbocycles. The molecule has 0 saturated carbocycles. The van der Waals surface area contributed by atoms with Gasteiger partial charge in [0.05, 0.1) is 0 Å². The summed E-state index contributed by atoms with van der Waals surface area (Å²) in [7, 11) is 0. The average Bonchev–Trinajstić information content (AvgIpc) is 2.46. The largest absolute Gasteiger partial charge is 0.0876 e. The number of hydrogen-bond donors (Lipinski definition) is 0. The molecule has 92 valence electrons. The van der Waals surface area contributed by atoms with E-state index in [-0.39, 0.29) is 0 Å². The Bertz CT molecular complexity index is 466. The third-order valence-electron chi connectivity index (χ3n) is 2.88. The molecular formula is C16H14Br2. The number of allylic oxidation sites excluding steroid dienone is 2. The van der Waals surface area contributed by atoms with Gasteiger partial charge in [0.1, 0.15) is 0 Å². The standard InChI is InChI=1S/C16H14Br2/c17-11-15(13-7-3-1-4-8-13)16(12-18)14-9-5-2-6-10-14/h1-10H,11-12H2. The van der Waals surface area contributed by atoms with Crippen LogP contribution in [0.25, 0.3) is 11.1 Å². The Balaban J connectivity index is 2.53. The van der Waals surface area contributed by atoms with Gasteiger partial charge >= 0.3 is 0 Å². The molecule has 0 nitrogen and oxygen atoms in total. The first-order valence-corrected chi connectivity index (χ1v) is 8.06. The van der Waals surface area contributed by atoms with Crippen molar-refractivity contribution >= 4 is 43.0 Å². The Kier molecular flexibility index (Phi) is 5.21. The number of alkyl halides is 2. The minimum atomic E-state index is 0.854. The molecule has 18 heavy (non-hydrogen) atoms. The van der Waals surface area contributed by atoms with Crippen molar-refractivity contribution < 1.29 is 0 Å². The normalized spacial score (nSPS) is 12.1. The molecular weight excluding hydrogens is 352 g/mol. The summed E-state index contributed by atoms with van der Waals surface area (Å²) in [5, 5.41) is 1.71. The molecule has 0 N–H and O–H groups in total. The van der Waals surface area contributed by atoms with E-state index in [2.05, 4.69) is 80.4 Å². The van der Waals surface area contributed by atoms with Gasteiger partial charge in [-0.1, -0.05) is 92.5 Å². The van der Waals surface area contributed by atoms with Crippen LogP contribution >= 0.6 is 31.9 Å². The van der Waals surface area contributed by atoms with Gasteiger partial charge in [-0.25, -0.2) is 0 Å². The Morgan fingerprint density at radius 2 is 0.944 bits per heavy atom. The first-order chi connectivity index (χ1) is 8.86. The van der Waals surface area contributed by atoms with Crippen LogP contribution in [0.1, 0.15) is 11.1 Å². The van der Waals surface area contributed by atoms with Crippen LogP contribution in [0.2, 0.25) is 0 Å². The van der Waals surface area contributed by atoms with Crippen molar-refractivity contribution in [3.63, 3.8) is 0 Å². The Morgan fingerprint density at radius 3 is 1.22 bits per heavy atom. The fourth-order valence-corrected chi connectivity index (χ4v) is 3.27. The molecule has 0 radical (unpaired) electrons. The quantitative estimate of drug-likeness (QED) is 0.503. The monoisotopic (exact) mass is 364 g/mol. The molecule has 0 aliphatic heterocycles. The van der Waals surface area contributed by atoms with Gasteiger partial charge in [0.25, 0.3) is 0 Å². The Hall–Kier alpha value is -0.860. The summed E-state index contributed by atoms with van der Waals surface area (Å²) in [5.41, 5.74) is 5.21. The number of benzene rings is 2. The van der Waals surface area contributed by atoms with Crippen LogP contribution in [0.3, 0.4) is 0 Å². The van der Waals surface area contributed by atoms with E-state index in [0.717, 1.165) is 10.7 Å². The molecule has 0 aromatic heterocycles. The van der Waals surface area contributed by atoms with Crippen LogP contribution in [-0.2, 0) is 0 Å². The van der Waals surface area contributed by atoms with E-state index in [1.54, 1.807) is 0 Å². The smallest absolute Gasteiger partial charge is 0.0292 e. The molecule has 2 heteroatoms. The van der Waals surface area contributed by atoms with E-state index in [1.165, 1.54) is 22.3 Å². The first-order valence-electron chi connectivity index (χ1n) is 5.81. The second kappa shape index (κ2) is 6.91.